The van der Waals surface area contributed by atoms with Crippen molar-refractivity contribution < 1.29 is 9.59 Å². The Kier molecular flexibility index (Phi) is 7.10. The highest BCUT2D eigenvalue weighted by molar-refractivity contribution is 5.85. The maximum atomic E-state index is 12.8. The number of benzene rings is 1. The highest BCUT2D eigenvalue weighted by Crippen LogP contribution is 2.18. The highest BCUT2D eigenvalue weighted by Gasteiger charge is 2.31. The van der Waals surface area contributed by atoms with Crippen molar-refractivity contribution in [3.8, 4) is 0 Å². The molecule has 0 saturated carbocycles. The number of rotatable bonds is 4. The van der Waals surface area contributed by atoms with Gasteiger partial charge in [0.2, 0.25) is 11.8 Å². The number of hydrogen-bond acceptors (Lipinski definition) is 5. The first-order valence-corrected chi connectivity index (χ1v) is 10.3. The minimum Gasteiger partial charge on any atom is -0.341 e. The van der Waals surface area contributed by atoms with Gasteiger partial charge in [0, 0.05) is 45.2 Å². The van der Waals surface area contributed by atoms with E-state index in [0.717, 1.165) is 24.9 Å². The zero-order chi connectivity index (χ0) is 20.4. The van der Waals surface area contributed by atoms with Crippen molar-refractivity contribution in [2.45, 2.75) is 38.8 Å². The van der Waals surface area contributed by atoms with Crippen LogP contribution in [-0.2, 0) is 16.1 Å². The van der Waals surface area contributed by atoms with Gasteiger partial charge in [-0.15, -0.1) is 12.4 Å². The molecule has 2 aliphatic heterocycles. The lowest BCUT2D eigenvalue weighted by Crippen LogP contribution is -2.57. The molecule has 0 aliphatic carbocycles. The summed E-state index contributed by atoms with van der Waals surface area (Å²) in [6.45, 7) is 5.40. The van der Waals surface area contributed by atoms with Crippen LogP contribution < -0.4 is 10.9 Å². The van der Waals surface area contributed by atoms with Crippen LogP contribution in [0.25, 0.3) is 10.9 Å². The number of hydrogen-bond donors (Lipinski definition) is 1. The van der Waals surface area contributed by atoms with E-state index in [4.69, 9.17) is 0 Å². The zero-order valence-corrected chi connectivity index (χ0v) is 18.0. The Morgan fingerprint density at radius 3 is 2.90 bits per heavy atom. The normalized spacial score (nSPS) is 19.6. The summed E-state index contributed by atoms with van der Waals surface area (Å²) in [5.41, 5.74) is 1.55. The summed E-state index contributed by atoms with van der Waals surface area (Å²) in [5, 5.41) is 3.67. The van der Waals surface area contributed by atoms with E-state index in [1.807, 2.05) is 28.9 Å². The lowest BCUT2D eigenvalue weighted by Gasteiger charge is -2.41. The third kappa shape index (κ3) is 4.49. The Morgan fingerprint density at radius 1 is 1.27 bits per heavy atom. The molecule has 1 aromatic heterocycles. The van der Waals surface area contributed by atoms with E-state index in [0.29, 0.717) is 43.6 Å². The fourth-order valence-electron chi connectivity index (χ4n) is 4.31. The third-order valence-electron chi connectivity index (χ3n) is 5.94. The van der Waals surface area contributed by atoms with Gasteiger partial charge in [0.15, 0.2) is 0 Å². The number of likely N-dealkylation sites (tertiary alicyclic amines) is 1. The first-order valence-electron chi connectivity index (χ1n) is 10.3. The molecule has 30 heavy (non-hydrogen) atoms. The second-order valence-corrected chi connectivity index (χ2v) is 7.86. The summed E-state index contributed by atoms with van der Waals surface area (Å²) < 4.78 is 1.51. The Bertz CT molecular complexity index is 992. The van der Waals surface area contributed by atoms with Crippen LogP contribution in [0.15, 0.2) is 29.3 Å². The number of carbonyl (C=O) groups is 2. The van der Waals surface area contributed by atoms with Crippen LogP contribution in [-0.4, -0.2) is 69.9 Å². The molecule has 0 spiro atoms. The molecule has 2 saturated heterocycles. The second-order valence-electron chi connectivity index (χ2n) is 7.86. The lowest BCUT2D eigenvalue weighted by atomic mass is 10.0. The molecule has 1 aromatic carbocycles. The molecule has 1 atom stereocenters. The van der Waals surface area contributed by atoms with Gasteiger partial charge in [0.05, 0.1) is 23.8 Å². The van der Waals surface area contributed by atoms with Crippen LogP contribution >= 0.6 is 12.4 Å². The number of piperidine rings is 1. The van der Waals surface area contributed by atoms with Crippen LogP contribution in [0.5, 0.6) is 0 Å². The van der Waals surface area contributed by atoms with Crippen LogP contribution in [0, 0.1) is 6.92 Å². The van der Waals surface area contributed by atoms with E-state index in [2.05, 4.69) is 10.3 Å². The van der Waals surface area contributed by atoms with Crippen molar-refractivity contribution in [2.75, 3.05) is 32.7 Å². The van der Waals surface area contributed by atoms with Gasteiger partial charge in [-0.2, -0.15) is 0 Å². The Hall–Kier alpha value is -2.45. The molecule has 8 nitrogen and oxygen atoms in total. The van der Waals surface area contributed by atoms with Crippen molar-refractivity contribution in [2.24, 2.45) is 0 Å². The molecule has 4 rings (SSSR count). The number of fused-ring (bicyclic) bond motifs is 1. The van der Waals surface area contributed by atoms with Crippen LogP contribution in [0.2, 0.25) is 0 Å². The number of para-hydroxylation sites is 1. The third-order valence-corrected chi connectivity index (χ3v) is 5.94. The smallest absolute Gasteiger partial charge is 0.261 e. The average Bonchev–Trinajstić information content (AvgIpc) is 2.74. The minimum absolute atomic E-state index is 0. The molecule has 2 fully saturated rings. The molecule has 162 valence electrons. The summed E-state index contributed by atoms with van der Waals surface area (Å²) in [5.74, 6) is 0.133. The van der Waals surface area contributed by atoms with Gasteiger partial charge in [-0.05, 0) is 31.4 Å². The summed E-state index contributed by atoms with van der Waals surface area (Å²) >= 11 is 0. The minimum atomic E-state index is -0.116. The second kappa shape index (κ2) is 9.57. The molecule has 1 unspecified atom stereocenters. The van der Waals surface area contributed by atoms with Gasteiger partial charge in [0.1, 0.15) is 0 Å². The molecule has 2 aliphatic rings. The number of nitrogens with zero attached hydrogens (tertiary/aromatic N) is 4. The first kappa shape index (κ1) is 22.2. The Morgan fingerprint density at radius 2 is 2.10 bits per heavy atom. The van der Waals surface area contributed by atoms with Crippen molar-refractivity contribution in [3.63, 3.8) is 0 Å². The lowest BCUT2D eigenvalue weighted by molar-refractivity contribution is -0.140. The molecule has 1 N–H and O–H groups in total. The van der Waals surface area contributed by atoms with E-state index in [9.17, 15) is 14.4 Å². The number of amides is 2. The van der Waals surface area contributed by atoms with Gasteiger partial charge in [-0.25, -0.2) is 4.98 Å². The van der Waals surface area contributed by atoms with E-state index in [1.54, 1.807) is 6.07 Å². The van der Waals surface area contributed by atoms with Gasteiger partial charge in [-0.1, -0.05) is 12.1 Å². The SMILES string of the molecule is Cc1cccc2c(=O)n(CCC(=O)N3CCCC(N4CCNCC4=O)C3)cnc12.Cl. The topological polar surface area (TPSA) is 87.5 Å². The van der Waals surface area contributed by atoms with Gasteiger partial charge < -0.3 is 15.1 Å². The van der Waals surface area contributed by atoms with Crippen molar-refractivity contribution >= 4 is 35.1 Å². The van der Waals surface area contributed by atoms with Gasteiger partial charge in [-0.3, -0.25) is 19.0 Å². The predicted octanol–water partition coefficient (Wildman–Crippen LogP) is 0.940. The number of carbonyl (C=O) groups excluding carboxylic acids is 2. The molecule has 0 radical (unpaired) electrons. The fraction of sp³-hybridized carbons (Fsp3) is 0.524. The van der Waals surface area contributed by atoms with E-state index in [-0.39, 0.29) is 42.2 Å². The monoisotopic (exact) mass is 433 g/mol. The van der Waals surface area contributed by atoms with Gasteiger partial charge >= 0.3 is 0 Å². The van der Waals surface area contributed by atoms with E-state index < -0.39 is 0 Å². The quantitative estimate of drug-likeness (QED) is 0.775. The average molecular weight is 434 g/mol. The standard InChI is InChI=1S/C21H27N5O3.ClH/c1-15-4-2-6-17-20(15)23-14-25(21(17)29)10-7-18(27)24-9-3-5-16(13-24)26-11-8-22-12-19(26)28;/h2,4,6,14,16,22H,3,5,7-13H2,1H3;1H. The predicted molar refractivity (Wildman–Crippen MR) is 117 cm³/mol. The van der Waals surface area contributed by atoms with Crippen LogP contribution in [0.4, 0.5) is 0 Å². The summed E-state index contributed by atoms with van der Waals surface area (Å²) in [6.07, 6.45) is 3.61. The number of piperazine rings is 1. The highest BCUT2D eigenvalue weighted by atomic mass is 35.5. The summed E-state index contributed by atoms with van der Waals surface area (Å²) in [4.78, 5) is 45.8. The molecule has 3 heterocycles. The molecule has 9 heteroatoms. The maximum absolute atomic E-state index is 12.8. The Balaban J connectivity index is 0.00000256. The van der Waals surface area contributed by atoms with E-state index in [1.165, 1.54) is 10.9 Å². The number of aromatic nitrogens is 2. The number of nitrogens with one attached hydrogen (secondary N) is 1. The molecular weight excluding hydrogens is 406 g/mol. The maximum Gasteiger partial charge on any atom is 0.261 e. The zero-order valence-electron chi connectivity index (χ0n) is 17.2. The Labute approximate surface area is 181 Å². The van der Waals surface area contributed by atoms with Crippen molar-refractivity contribution in [1.82, 2.24) is 24.7 Å². The number of halogens is 1. The summed E-state index contributed by atoms with van der Waals surface area (Å²) in [6, 6.07) is 5.64. The fourth-order valence-corrected chi connectivity index (χ4v) is 4.31. The van der Waals surface area contributed by atoms with E-state index >= 15 is 0 Å². The molecule has 0 bridgehead atoms. The largest absolute Gasteiger partial charge is 0.341 e. The summed E-state index contributed by atoms with van der Waals surface area (Å²) in [7, 11) is 0. The number of aryl methyl sites for hydroxylation is 2. The van der Waals surface area contributed by atoms with Crippen molar-refractivity contribution in [1.29, 1.82) is 0 Å². The molecule has 2 aromatic rings. The molecule has 2 amide bonds. The van der Waals surface area contributed by atoms with Crippen LogP contribution in [0.1, 0.15) is 24.8 Å². The van der Waals surface area contributed by atoms with Gasteiger partial charge in [0.25, 0.3) is 5.56 Å². The van der Waals surface area contributed by atoms with Crippen molar-refractivity contribution in [3.05, 3.63) is 40.4 Å². The van der Waals surface area contributed by atoms with Crippen LogP contribution in [0.3, 0.4) is 0 Å². The molecular formula is C21H28ClN5O3. The first-order chi connectivity index (χ1) is 14.0.